The van der Waals surface area contributed by atoms with Crippen molar-refractivity contribution in [1.82, 2.24) is 5.32 Å². The summed E-state index contributed by atoms with van der Waals surface area (Å²) < 4.78 is 0. The molecule has 0 bridgehead atoms. The third-order valence-corrected chi connectivity index (χ3v) is 5.20. The molecule has 1 aliphatic carbocycles. The van der Waals surface area contributed by atoms with Gasteiger partial charge in [-0.25, -0.2) is 4.79 Å². The van der Waals surface area contributed by atoms with Gasteiger partial charge in [0.2, 0.25) is 5.91 Å². The zero-order valence-corrected chi connectivity index (χ0v) is 14.9. The summed E-state index contributed by atoms with van der Waals surface area (Å²) in [6.07, 6.45) is 4.44. The van der Waals surface area contributed by atoms with Crippen molar-refractivity contribution in [2.24, 2.45) is 17.1 Å². The summed E-state index contributed by atoms with van der Waals surface area (Å²) >= 11 is 1.46. The molecule has 1 saturated carbocycles. The number of nitrogens with one attached hydrogen (secondary N) is 1. The molecule has 1 rings (SSSR count). The number of thioether (sulfide) groups is 1. The topological polar surface area (TPSA) is 130 Å². The summed E-state index contributed by atoms with van der Waals surface area (Å²) in [7, 11) is 0. The first-order chi connectivity index (χ1) is 11.1. The van der Waals surface area contributed by atoms with Crippen LogP contribution in [0.15, 0.2) is 11.8 Å². The largest absolute Gasteiger partial charge is 0.480 e. The van der Waals surface area contributed by atoms with Crippen LogP contribution in [0.4, 0.5) is 0 Å². The van der Waals surface area contributed by atoms with Gasteiger partial charge in [0, 0.05) is 11.7 Å². The van der Waals surface area contributed by atoms with E-state index in [4.69, 9.17) is 15.9 Å². The van der Waals surface area contributed by atoms with Gasteiger partial charge < -0.3 is 21.3 Å². The minimum Gasteiger partial charge on any atom is -0.480 e. The molecule has 2 atom stereocenters. The molecule has 0 aromatic heterocycles. The van der Waals surface area contributed by atoms with Crippen LogP contribution in [0.25, 0.3) is 0 Å². The number of unbranched alkanes of at least 4 members (excludes halogenated alkanes) is 2. The number of allylic oxidation sites excluding steroid dienone is 1. The Balaban J connectivity index is 2.25. The lowest BCUT2D eigenvalue weighted by atomic mass is 10.1. The molecule has 5 N–H and O–H groups in total. The van der Waals surface area contributed by atoms with Crippen molar-refractivity contribution in [3.05, 3.63) is 11.8 Å². The molecular weight excluding hydrogens is 332 g/mol. The van der Waals surface area contributed by atoms with E-state index in [1.165, 1.54) is 17.8 Å². The molecule has 0 heterocycles. The second-order valence-corrected chi connectivity index (χ2v) is 7.82. The van der Waals surface area contributed by atoms with Gasteiger partial charge in [0.05, 0.1) is 0 Å². The molecule has 24 heavy (non-hydrogen) atoms. The number of amides is 1. The van der Waals surface area contributed by atoms with Crippen LogP contribution in [0.3, 0.4) is 0 Å². The Morgan fingerprint density at radius 3 is 2.46 bits per heavy atom. The van der Waals surface area contributed by atoms with E-state index in [9.17, 15) is 14.4 Å². The van der Waals surface area contributed by atoms with Crippen LogP contribution in [0.1, 0.15) is 39.5 Å². The van der Waals surface area contributed by atoms with Crippen molar-refractivity contribution in [1.29, 1.82) is 0 Å². The lowest BCUT2D eigenvalue weighted by Crippen LogP contribution is -2.32. The first kappa shape index (κ1) is 20.5. The number of carbonyl (C=O) groups is 3. The maximum Gasteiger partial charge on any atom is 0.352 e. The fraction of sp³-hybridized carbons (Fsp3) is 0.688. The fourth-order valence-electron chi connectivity index (χ4n) is 2.20. The van der Waals surface area contributed by atoms with Crippen LogP contribution in [0.5, 0.6) is 0 Å². The van der Waals surface area contributed by atoms with Gasteiger partial charge in [-0.1, -0.05) is 19.9 Å². The zero-order valence-electron chi connectivity index (χ0n) is 14.1. The van der Waals surface area contributed by atoms with Crippen LogP contribution in [0, 0.1) is 11.3 Å². The third-order valence-electron chi connectivity index (χ3n) is 4.02. The summed E-state index contributed by atoms with van der Waals surface area (Å²) in [4.78, 5) is 33.7. The smallest absolute Gasteiger partial charge is 0.352 e. The average molecular weight is 358 g/mol. The summed E-state index contributed by atoms with van der Waals surface area (Å²) in [6.45, 7) is 3.96. The summed E-state index contributed by atoms with van der Waals surface area (Å²) in [5, 5.41) is 20.3. The zero-order chi connectivity index (χ0) is 18.3. The predicted octanol–water partition coefficient (Wildman–Crippen LogP) is 1.43. The van der Waals surface area contributed by atoms with E-state index >= 15 is 0 Å². The van der Waals surface area contributed by atoms with Crippen molar-refractivity contribution >= 4 is 29.6 Å². The molecule has 0 aromatic rings. The second-order valence-electron chi connectivity index (χ2n) is 6.67. The van der Waals surface area contributed by atoms with E-state index in [0.29, 0.717) is 12.2 Å². The van der Waals surface area contributed by atoms with Crippen LogP contribution in [0.2, 0.25) is 0 Å². The predicted molar refractivity (Wildman–Crippen MR) is 92.5 cm³/mol. The van der Waals surface area contributed by atoms with Crippen molar-refractivity contribution in [3.8, 4) is 0 Å². The van der Waals surface area contributed by atoms with Gasteiger partial charge in [0.25, 0.3) is 0 Å². The SMILES string of the molecule is CC1(C)C[C@@H]1C(=O)NC(=CCCCCSCC(N)C(=O)O)C(=O)O. The Morgan fingerprint density at radius 2 is 1.96 bits per heavy atom. The highest BCUT2D eigenvalue weighted by Gasteiger charge is 2.50. The lowest BCUT2D eigenvalue weighted by Gasteiger charge is -2.08. The fourth-order valence-corrected chi connectivity index (χ4v) is 3.17. The molecule has 0 aromatic carbocycles. The number of rotatable bonds is 11. The molecule has 136 valence electrons. The maximum atomic E-state index is 12.0. The Morgan fingerprint density at radius 1 is 1.33 bits per heavy atom. The van der Waals surface area contributed by atoms with Gasteiger partial charge in [-0.2, -0.15) is 11.8 Å². The van der Waals surface area contributed by atoms with Crippen LogP contribution in [-0.2, 0) is 14.4 Å². The molecule has 0 saturated heterocycles. The minimum atomic E-state index is -1.14. The Hall–Kier alpha value is -1.54. The van der Waals surface area contributed by atoms with Crippen molar-refractivity contribution < 1.29 is 24.6 Å². The van der Waals surface area contributed by atoms with E-state index in [-0.39, 0.29) is 22.9 Å². The number of carboxylic acids is 2. The Kier molecular flexibility index (Phi) is 7.75. The molecule has 0 spiro atoms. The summed E-state index contributed by atoms with van der Waals surface area (Å²) in [5.41, 5.74) is 5.28. The van der Waals surface area contributed by atoms with E-state index in [1.807, 2.05) is 13.8 Å². The number of aliphatic carboxylic acids is 2. The van der Waals surface area contributed by atoms with Gasteiger partial charge in [-0.3, -0.25) is 9.59 Å². The lowest BCUT2D eigenvalue weighted by molar-refractivity contribution is -0.138. The highest BCUT2D eigenvalue weighted by molar-refractivity contribution is 7.99. The van der Waals surface area contributed by atoms with Crippen molar-refractivity contribution in [2.75, 3.05) is 11.5 Å². The number of nitrogens with two attached hydrogens (primary N) is 1. The molecule has 1 fully saturated rings. The van der Waals surface area contributed by atoms with Crippen LogP contribution in [-0.4, -0.2) is 45.6 Å². The number of hydrogen-bond acceptors (Lipinski definition) is 5. The molecule has 1 aliphatic rings. The normalized spacial score (nSPS) is 20.3. The third kappa shape index (κ3) is 6.92. The van der Waals surface area contributed by atoms with Gasteiger partial charge >= 0.3 is 11.9 Å². The number of carbonyl (C=O) groups excluding carboxylic acids is 1. The van der Waals surface area contributed by atoms with E-state index in [0.717, 1.165) is 25.0 Å². The summed E-state index contributed by atoms with van der Waals surface area (Å²) in [6, 6.07) is -0.851. The van der Waals surface area contributed by atoms with Crippen molar-refractivity contribution in [2.45, 2.75) is 45.6 Å². The van der Waals surface area contributed by atoms with Crippen LogP contribution >= 0.6 is 11.8 Å². The summed E-state index contributed by atoms with van der Waals surface area (Å²) in [5.74, 6) is -1.37. The molecular formula is C16H26N2O5S. The van der Waals surface area contributed by atoms with Crippen molar-refractivity contribution in [3.63, 3.8) is 0 Å². The monoisotopic (exact) mass is 358 g/mol. The highest BCUT2D eigenvalue weighted by atomic mass is 32.2. The second kappa shape index (κ2) is 9.08. The molecule has 0 aliphatic heterocycles. The highest BCUT2D eigenvalue weighted by Crippen LogP contribution is 2.51. The number of hydrogen-bond donors (Lipinski definition) is 4. The number of carboxylic acid groups (broad SMARTS) is 2. The average Bonchev–Trinajstić information content (AvgIpc) is 3.13. The maximum absolute atomic E-state index is 12.0. The van der Waals surface area contributed by atoms with Crippen LogP contribution < -0.4 is 11.1 Å². The first-order valence-electron chi connectivity index (χ1n) is 7.95. The molecule has 1 amide bonds. The van der Waals surface area contributed by atoms with E-state index < -0.39 is 18.0 Å². The van der Waals surface area contributed by atoms with Gasteiger partial charge in [0.15, 0.2) is 0 Å². The van der Waals surface area contributed by atoms with E-state index in [2.05, 4.69) is 5.32 Å². The molecule has 1 unspecified atom stereocenters. The molecule has 8 heteroatoms. The molecule has 0 radical (unpaired) electrons. The Bertz CT molecular complexity index is 519. The first-order valence-corrected chi connectivity index (χ1v) is 9.11. The van der Waals surface area contributed by atoms with Gasteiger partial charge in [-0.05, 0) is 36.9 Å². The van der Waals surface area contributed by atoms with Gasteiger partial charge in [-0.15, -0.1) is 0 Å². The Labute approximate surface area is 146 Å². The molecule has 7 nitrogen and oxygen atoms in total. The quantitative estimate of drug-likeness (QED) is 0.325. The minimum absolute atomic E-state index is 0.0400. The van der Waals surface area contributed by atoms with Gasteiger partial charge in [0.1, 0.15) is 11.7 Å². The van der Waals surface area contributed by atoms with E-state index in [1.54, 1.807) is 0 Å². The standard InChI is InChI=1S/C16H26N2O5S/c1-16(2)8-10(16)13(19)18-12(15(22)23)6-4-3-5-7-24-9-11(17)14(20)21/h6,10-11H,3-5,7-9,17H2,1-2H3,(H,18,19)(H,20,21)(H,22,23)/t10-,11?/m1/s1.